The molecule has 1 N–H and O–H groups in total. The molecule has 0 aliphatic rings. The Labute approximate surface area is 97.3 Å². The summed E-state index contributed by atoms with van der Waals surface area (Å²) in [5, 5.41) is 3.69. The number of nitrogens with one attached hydrogen (secondary N) is 1. The van der Waals surface area contributed by atoms with Crippen molar-refractivity contribution in [3.63, 3.8) is 0 Å². The van der Waals surface area contributed by atoms with Gasteiger partial charge < -0.3 is 4.74 Å². The van der Waals surface area contributed by atoms with Crippen molar-refractivity contribution < 1.29 is 18.3 Å². The molecule has 0 bridgehead atoms. The maximum Gasteiger partial charge on any atom is 0.427 e. The summed E-state index contributed by atoms with van der Waals surface area (Å²) in [5.41, 5.74) is 2.85. The monoisotopic (exact) mass is 242 g/mol. The normalized spacial score (nSPS) is 11.2. The number of ether oxygens (including phenoxy) is 1. The third kappa shape index (κ3) is 3.82. The third-order valence-corrected chi connectivity index (χ3v) is 1.93. The lowest BCUT2D eigenvalue weighted by Gasteiger charge is -2.03. The fourth-order valence-electron chi connectivity index (χ4n) is 1.08. The quantitative estimate of drug-likeness (QED) is 0.653. The first-order valence-corrected chi connectivity index (χ1v) is 4.97. The number of nitrogens with zero attached hydrogens (tertiary/aromatic N) is 1. The molecule has 0 aromatic heterocycles. The second-order valence-corrected chi connectivity index (χ2v) is 3.16. The lowest BCUT2D eigenvalue weighted by atomic mass is 10.1. The Morgan fingerprint density at radius 1 is 1.41 bits per heavy atom. The molecule has 0 spiro atoms. The summed E-state index contributed by atoms with van der Waals surface area (Å²) in [4.78, 5) is 10.9. The summed E-state index contributed by atoms with van der Waals surface area (Å²) in [6.45, 7) is 3.44. The van der Waals surface area contributed by atoms with Crippen LogP contribution in [0.2, 0.25) is 0 Å². The van der Waals surface area contributed by atoms with Crippen molar-refractivity contribution in [1.82, 2.24) is 5.43 Å². The minimum Gasteiger partial charge on any atom is -0.449 e. The number of rotatable bonds is 3. The van der Waals surface area contributed by atoms with E-state index in [1.165, 1.54) is 6.07 Å². The molecule has 92 valence electrons. The minimum absolute atomic E-state index is 0.228. The van der Waals surface area contributed by atoms with Gasteiger partial charge in [0, 0.05) is 5.56 Å². The van der Waals surface area contributed by atoms with Gasteiger partial charge in [0.05, 0.1) is 12.3 Å². The molecule has 0 saturated heterocycles. The first-order chi connectivity index (χ1) is 8.04. The van der Waals surface area contributed by atoms with Crippen molar-refractivity contribution in [1.29, 1.82) is 0 Å². The van der Waals surface area contributed by atoms with E-state index in [4.69, 9.17) is 0 Å². The van der Waals surface area contributed by atoms with E-state index in [1.54, 1.807) is 13.8 Å². The van der Waals surface area contributed by atoms with Gasteiger partial charge in [0.2, 0.25) is 0 Å². The molecule has 0 aliphatic heterocycles. The van der Waals surface area contributed by atoms with Gasteiger partial charge in [-0.3, -0.25) is 0 Å². The number of hydrogen-bond donors (Lipinski definition) is 1. The van der Waals surface area contributed by atoms with E-state index in [2.05, 4.69) is 15.3 Å². The van der Waals surface area contributed by atoms with Crippen molar-refractivity contribution in [3.05, 3.63) is 35.4 Å². The Hall–Kier alpha value is -1.98. The third-order valence-electron chi connectivity index (χ3n) is 1.93. The molecule has 4 nitrogen and oxygen atoms in total. The van der Waals surface area contributed by atoms with Crippen LogP contribution in [-0.4, -0.2) is 18.4 Å². The predicted octanol–water partition coefficient (Wildman–Crippen LogP) is 2.43. The smallest absolute Gasteiger partial charge is 0.427 e. The van der Waals surface area contributed by atoms with E-state index < -0.39 is 17.7 Å². The first kappa shape index (κ1) is 13.1. The van der Waals surface area contributed by atoms with Gasteiger partial charge in [-0.2, -0.15) is 5.10 Å². The maximum absolute atomic E-state index is 12.9. The lowest BCUT2D eigenvalue weighted by Crippen LogP contribution is -2.20. The molecular weight excluding hydrogens is 230 g/mol. The van der Waals surface area contributed by atoms with Gasteiger partial charge in [0.25, 0.3) is 0 Å². The summed E-state index contributed by atoms with van der Waals surface area (Å²) in [7, 11) is 0. The molecule has 0 fully saturated rings. The van der Waals surface area contributed by atoms with Crippen LogP contribution in [0.1, 0.15) is 19.4 Å². The van der Waals surface area contributed by atoms with Crippen LogP contribution < -0.4 is 5.43 Å². The van der Waals surface area contributed by atoms with E-state index in [0.29, 0.717) is 11.3 Å². The zero-order valence-corrected chi connectivity index (χ0v) is 9.46. The van der Waals surface area contributed by atoms with Crippen LogP contribution in [-0.2, 0) is 4.74 Å². The zero-order chi connectivity index (χ0) is 12.8. The van der Waals surface area contributed by atoms with Crippen LogP contribution in [0.4, 0.5) is 13.6 Å². The summed E-state index contributed by atoms with van der Waals surface area (Å²) >= 11 is 0. The average Bonchev–Trinajstić information content (AvgIpc) is 2.30. The molecule has 0 atom stereocenters. The maximum atomic E-state index is 12.9. The lowest BCUT2D eigenvalue weighted by molar-refractivity contribution is 0.152. The van der Waals surface area contributed by atoms with Crippen LogP contribution in [0.15, 0.2) is 23.3 Å². The second-order valence-electron chi connectivity index (χ2n) is 3.16. The van der Waals surface area contributed by atoms with Crippen LogP contribution in [0, 0.1) is 11.6 Å². The molecular formula is C11H12F2N2O2. The van der Waals surface area contributed by atoms with Crippen molar-refractivity contribution in [2.75, 3.05) is 6.61 Å². The Bertz CT molecular complexity index is 447. The first-order valence-electron chi connectivity index (χ1n) is 4.97. The number of carbonyl (C=O) groups is 1. The van der Waals surface area contributed by atoms with E-state index in [1.807, 2.05) is 0 Å². The molecule has 0 aliphatic carbocycles. The van der Waals surface area contributed by atoms with Crippen molar-refractivity contribution in [3.8, 4) is 0 Å². The highest BCUT2D eigenvalue weighted by molar-refractivity contribution is 5.99. The second kappa shape index (κ2) is 5.93. The topological polar surface area (TPSA) is 50.7 Å². The van der Waals surface area contributed by atoms with Gasteiger partial charge in [-0.05, 0) is 32.0 Å². The Balaban J connectivity index is 2.74. The van der Waals surface area contributed by atoms with Gasteiger partial charge in [0.15, 0.2) is 11.6 Å². The highest BCUT2D eigenvalue weighted by Crippen LogP contribution is 2.09. The predicted molar refractivity (Wildman–Crippen MR) is 58.7 cm³/mol. The Morgan fingerprint density at radius 2 is 2.12 bits per heavy atom. The van der Waals surface area contributed by atoms with Gasteiger partial charge in [0.1, 0.15) is 0 Å². The number of hydrogen-bond acceptors (Lipinski definition) is 3. The van der Waals surface area contributed by atoms with Gasteiger partial charge in [-0.1, -0.05) is 0 Å². The summed E-state index contributed by atoms with van der Waals surface area (Å²) in [5.74, 6) is -1.90. The number of carbonyl (C=O) groups excluding carboxylic acids is 1. The molecule has 0 unspecified atom stereocenters. The van der Waals surface area contributed by atoms with E-state index in [0.717, 1.165) is 12.1 Å². The highest BCUT2D eigenvalue weighted by atomic mass is 19.2. The average molecular weight is 242 g/mol. The molecule has 1 amide bonds. The van der Waals surface area contributed by atoms with Gasteiger partial charge >= 0.3 is 6.09 Å². The molecule has 1 rings (SSSR count). The fourth-order valence-corrected chi connectivity index (χ4v) is 1.08. The molecule has 17 heavy (non-hydrogen) atoms. The van der Waals surface area contributed by atoms with E-state index in [-0.39, 0.29) is 6.61 Å². The van der Waals surface area contributed by atoms with Crippen LogP contribution >= 0.6 is 0 Å². The van der Waals surface area contributed by atoms with Gasteiger partial charge in [-0.15, -0.1) is 0 Å². The summed E-state index contributed by atoms with van der Waals surface area (Å²) in [6.07, 6.45) is -0.700. The fraction of sp³-hybridized carbons (Fsp3) is 0.273. The number of benzene rings is 1. The zero-order valence-electron chi connectivity index (χ0n) is 9.46. The summed E-state index contributed by atoms with van der Waals surface area (Å²) < 4.78 is 30.2. The molecule has 0 saturated carbocycles. The van der Waals surface area contributed by atoms with Gasteiger partial charge in [-0.25, -0.2) is 19.0 Å². The molecule has 1 aromatic carbocycles. The molecule has 0 radical (unpaired) electrons. The molecule has 6 heteroatoms. The van der Waals surface area contributed by atoms with E-state index in [9.17, 15) is 13.6 Å². The number of halogens is 2. The molecule has 1 aromatic rings. The van der Waals surface area contributed by atoms with Crippen molar-refractivity contribution >= 4 is 11.8 Å². The largest absolute Gasteiger partial charge is 0.449 e. The van der Waals surface area contributed by atoms with Crippen LogP contribution in [0.3, 0.4) is 0 Å². The Kier molecular flexibility index (Phi) is 4.56. The van der Waals surface area contributed by atoms with Crippen LogP contribution in [0.5, 0.6) is 0 Å². The standard InChI is InChI=1S/C11H12F2N2O2/c1-3-17-11(16)15-14-7(2)8-4-5-9(12)10(13)6-8/h4-6H,3H2,1-2H3,(H,15,16)/b14-7+. The SMILES string of the molecule is CCOC(=O)N/N=C(\C)c1ccc(F)c(F)c1. The summed E-state index contributed by atoms with van der Waals surface area (Å²) in [6, 6.07) is 3.36. The van der Waals surface area contributed by atoms with Crippen molar-refractivity contribution in [2.45, 2.75) is 13.8 Å². The van der Waals surface area contributed by atoms with Crippen LogP contribution in [0.25, 0.3) is 0 Å². The molecule has 0 heterocycles. The van der Waals surface area contributed by atoms with E-state index >= 15 is 0 Å². The van der Waals surface area contributed by atoms with Crippen molar-refractivity contribution in [2.24, 2.45) is 5.10 Å². The minimum atomic E-state index is -0.965. The number of hydrazone groups is 1. The highest BCUT2D eigenvalue weighted by Gasteiger charge is 2.05. The number of amides is 1. The Morgan fingerprint density at radius 3 is 2.71 bits per heavy atom.